The molecule has 0 aromatic carbocycles. The Morgan fingerprint density at radius 1 is 1.24 bits per heavy atom. The van der Waals surface area contributed by atoms with Crippen LogP contribution in [0.5, 0.6) is 0 Å². The minimum absolute atomic E-state index is 0.00973. The van der Waals surface area contributed by atoms with Crippen LogP contribution in [-0.2, 0) is 0 Å². The molecule has 1 N–H and O–H groups in total. The Bertz CT molecular complexity index is 474. The van der Waals surface area contributed by atoms with E-state index < -0.39 is 0 Å². The molecule has 3 atom stereocenters. The maximum absolute atomic E-state index is 12.8. The zero-order chi connectivity index (χ0) is 15.5. The molecule has 0 aromatic rings. The molecule has 0 aliphatic carbocycles. The molecule has 3 aliphatic heterocycles. The van der Waals surface area contributed by atoms with Gasteiger partial charge in [-0.1, -0.05) is 6.92 Å². The summed E-state index contributed by atoms with van der Waals surface area (Å²) < 4.78 is 0. The van der Waals surface area contributed by atoms with Crippen molar-refractivity contribution in [3.05, 3.63) is 0 Å². The molecular weight excluding hydrogens is 270 g/mol. The van der Waals surface area contributed by atoms with Crippen molar-refractivity contribution in [1.29, 1.82) is 0 Å². The molecule has 0 radical (unpaired) electrons. The quantitative estimate of drug-likeness (QED) is 0.833. The first kappa shape index (κ1) is 14.4. The predicted molar refractivity (Wildman–Crippen MR) is 78.1 cm³/mol. The van der Waals surface area contributed by atoms with Crippen LogP contribution < -0.4 is 5.32 Å². The zero-order valence-electron chi connectivity index (χ0n) is 13.5. The molecule has 3 heterocycles. The van der Waals surface area contributed by atoms with Crippen LogP contribution in [0.15, 0.2) is 0 Å². The van der Waals surface area contributed by atoms with Crippen molar-refractivity contribution in [2.45, 2.75) is 65.0 Å². The summed E-state index contributed by atoms with van der Waals surface area (Å²) in [5.74, 6) is 0. The van der Waals surface area contributed by atoms with Gasteiger partial charge in [0.25, 0.3) is 0 Å². The molecule has 0 saturated carbocycles. The monoisotopic (exact) mass is 295 g/mol. The van der Waals surface area contributed by atoms with Crippen molar-refractivity contribution in [2.75, 3.05) is 13.3 Å². The second-order valence-corrected chi connectivity index (χ2v) is 7.20. The van der Waals surface area contributed by atoms with Gasteiger partial charge in [-0.3, -0.25) is 19.6 Å². The lowest BCUT2D eigenvalue weighted by Gasteiger charge is -2.43. The van der Waals surface area contributed by atoms with Gasteiger partial charge in [0.05, 0.1) is 13.3 Å². The minimum atomic E-state index is -0.316. The maximum atomic E-state index is 12.8. The average molecular weight is 295 g/mol. The van der Waals surface area contributed by atoms with E-state index in [1.54, 1.807) is 9.80 Å². The molecule has 3 fully saturated rings. The molecule has 7 nitrogen and oxygen atoms in total. The maximum Gasteiger partial charge on any atom is 0.325 e. The lowest BCUT2D eigenvalue weighted by molar-refractivity contribution is -0.0293. The van der Waals surface area contributed by atoms with Gasteiger partial charge in [-0.2, -0.15) is 0 Å². The van der Waals surface area contributed by atoms with Gasteiger partial charge in [0.15, 0.2) is 6.17 Å². The van der Waals surface area contributed by atoms with E-state index in [2.05, 4.69) is 24.1 Å². The SMILES string of the molecule is CC[C@H](C)N1CN2C(=O)N[C@H]3[C@@H]2N(C1)C(=O)N3C(C)(C)C. The molecule has 0 aromatic heterocycles. The number of rotatable bonds is 2. The van der Waals surface area contributed by atoms with Gasteiger partial charge in [0.2, 0.25) is 0 Å². The van der Waals surface area contributed by atoms with Crippen LogP contribution in [0.25, 0.3) is 0 Å². The van der Waals surface area contributed by atoms with Crippen LogP contribution in [0.2, 0.25) is 0 Å². The molecular formula is C14H25N5O2. The standard InChI is InChI=1S/C14H25N5O2/c1-6-9(2)16-7-17-11-10(15-12(17)20)19(14(3,4)5)13(21)18(11)8-16/h9-11H,6-8H2,1-5H3,(H,15,20)/t9-,10+,11-/m0/s1. The number of carbonyl (C=O) groups excluding carboxylic acids is 2. The number of hydrogen-bond donors (Lipinski definition) is 1. The fourth-order valence-corrected chi connectivity index (χ4v) is 3.45. The summed E-state index contributed by atoms with van der Waals surface area (Å²) in [5.41, 5.74) is -0.316. The normalized spacial score (nSPS) is 30.8. The van der Waals surface area contributed by atoms with Gasteiger partial charge in [-0.25, -0.2) is 9.59 Å². The third kappa shape index (κ3) is 1.97. The van der Waals surface area contributed by atoms with E-state index in [1.807, 2.05) is 25.7 Å². The fraction of sp³-hybridized carbons (Fsp3) is 0.857. The van der Waals surface area contributed by atoms with Crippen molar-refractivity contribution < 1.29 is 9.59 Å². The van der Waals surface area contributed by atoms with Crippen molar-refractivity contribution in [2.24, 2.45) is 0 Å². The van der Waals surface area contributed by atoms with Crippen molar-refractivity contribution in [3.63, 3.8) is 0 Å². The molecule has 21 heavy (non-hydrogen) atoms. The van der Waals surface area contributed by atoms with E-state index in [-0.39, 0.29) is 29.9 Å². The van der Waals surface area contributed by atoms with Crippen molar-refractivity contribution in [3.8, 4) is 0 Å². The Morgan fingerprint density at radius 3 is 2.43 bits per heavy atom. The highest BCUT2D eigenvalue weighted by atomic mass is 16.2. The molecule has 118 valence electrons. The van der Waals surface area contributed by atoms with Crippen molar-refractivity contribution in [1.82, 2.24) is 24.9 Å². The number of amides is 4. The van der Waals surface area contributed by atoms with Gasteiger partial charge < -0.3 is 5.32 Å². The number of carbonyl (C=O) groups is 2. The largest absolute Gasteiger partial charge is 0.325 e. The van der Waals surface area contributed by atoms with E-state index >= 15 is 0 Å². The molecule has 3 saturated heterocycles. The lowest BCUT2D eigenvalue weighted by Crippen LogP contribution is -2.61. The molecule has 0 bridgehead atoms. The van der Waals surface area contributed by atoms with E-state index in [0.717, 1.165) is 6.42 Å². The first-order valence-corrected chi connectivity index (χ1v) is 7.67. The average Bonchev–Trinajstić information content (AvgIpc) is 2.87. The van der Waals surface area contributed by atoms with Crippen LogP contribution in [0.3, 0.4) is 0 Å². The highest BCUT2D eigenvalue weighted by Gasteiger charge is 2.60. The van der Waals surface area contributed by atoms with Gasteiger partial charge in [0, 0.05) is 11.6 Å². The molecule has 3 rings (SSSR count). The van der Waals surface area contributed by atoms with Gasteiger partial charge >= 0.3 is 12.1 Å². The van der Waals surface area contributed by atoms with Crippen LogP contribution in [0.1, 0.15) is 41.0 Å². The zero-order valence-corrected chi connectivity index (χ0v) is 13.5. The summed E-state index contributed by atoms with van der Waals surface area (Å²) in [6.45, 7) is 11.4. The summed E-state index contributed by atoms with van der Waals surface area (Å²) in [6, 6.07) is 0.273. The van der Waals surface area contributed by atoms with Crippen LogP contribution >= 0.6 is 0 Å². The summed E-state index contributed by atoms with van der Waals surface area (Å²) >= 11 is 0. The second-order valence-electron chi connectivity index (χ2n) is 7.20. The number of urea groups is 2. The van der Waals surface area contributed by atoms with Gasteiger partial charge in [-0.05, 0) is 34.1 Å². The van der Waals surface area contributed by atoms with E-state index in [1.165, 1.54) is 0 Å². The van der Waals surface area contributed by atoms with E-state index in [9.17, 15) is 9.59 Å². The molecule has 0 unspecified atom stereocenters. The summed E-state index contributed by atoms with van der Waals surface area (Å²) in [5, 5.41) is 2.98. The molecule has 3 aliphatic rings. The number of hydrogen-bond acceptors (Lipinski definition) is 3. The Balaban J connectivity index is 1.94. The van der Waals surface area contributed by atoms with E-state index in [0.29, 0.717) is 19.4 Å². The minimum Gasteiger partial charge on any atom is -0.314 e. The summed E-state index contributed by atoms with van der Waals surface area (Å²) in [6.07, 6.45) is 0.572. The van der Waals surface area contributed by atoms with Crippen LogP contribution in [-0.4, -0.2) is 68.9 Å². The Labute approximate surface area is 125 Å². The Hall–Kier alpha value is -1.50. The fourth-order valence-electron chi connectivity index (χ4n) is 3.45. The second kappa shape index (κ2) is 4.50. The van der Waals surface area contributed by atoms with Crippen LogP contribution in [0.4, 0.5) is 9.59 Å². The third-order valence-corrected chi connectivity index (χ3v) is 4.79. The molecule has 0 spiro atoms. The highest BCUT2D eigenvalue weighted by molar-refractivity contribution is 5.85. The first-order chi connectivity index (χ1) is 9.75. The van der Waals surface area contributed by atoms with Crippen LogP contribution in [0, 0.1) is 0 Å². The Kier molecular flexibility index (Phi) is 3.09. The highest BCUT2D eigenvalue weighted by Crippen LogP contribution is 2.36. The number of nitrogens with zero attached hydrogens (tertiary/aromatic N) is 4. The third-order valence-electron chi connectivity index (χ3n) is 4.79. The topological polar surface area (TPSA) is 59.1 Å². The lowest BCUT2D eigenvalue weighted by atomic mass is 10.1. The Morgan fingerprint density at radius 2 is 1.86 bits per heavy atom. The summed E-state index contributed by atoms with van der Waals surface area (Å²) in [4.78, 5) is 32.6. The molecule has 4 amide bonds. The summed E-state index contributed by atoms with van der Waals surface area (Å²) in [7, 11) is 0. The first-order valence-electron chi connectivity index (χ1n) is 7.67. The smallest absolute Gasteiger partial charge is 0.314 e. The molecule has 7 heteroatoms. The predicted octanol–water partition coefficient (Wildman–Crippen LogP) is 1.23. The number of nitrogens with one attached hydrogen (secondary N) is 1. The van der Waals surface area contributed by atoms with Gasteiger partial charge in [0.1, 0.15) is 6.17 Å². The van der Waals surface area contributed by atoms with Crippen molar-refractivity contribution >= 4 is 12.1 Å². The van der Waals surface area contributed by atoms with Gasteiger partial charge in [-0.15, -0.1) is 0 Å². The van der Waals surface area contributed by atoms with E-state index in [4.69, 9.17) is 0 Å².